The maximum atomic E-state index is 10.5. The second-order valence-electron chi connectivity index (χ2n) is 16.7. The zero-order chi connectivity index (χ0) is 32.9. The first-order valence-electron chi connectivity index (χ1n) is 16.8. The van der Waals surface area contributed by atoms with Gasteiger partial charge in [-0.3, -0.25) is 0 Å². The standard InChI is InChI=1S/C38H66O3Si2/c1-29(25-26-31-22-19-20-24-34(31)38(9,10)39)21-17-15-16-18-23-32-27-33(40-42(11,12)36(3,4)5)28-35(30(32)2)41-43(13,14)37(6,7)8/h16,18-20,22-24,29,33,35,39H,2,15,17,21,25-28H2,1,3-14H3/t29?,33-,35+/m1/s1. The predicted octanol–water partition coefficient (Wildman–Crippen LogP) is 11.3. The van der Waals surface area contributed by atoms with E-state index in [1.54, 1.807) is 0 Å². The van der Waals surface area contributed by atoms with Crippen LogP contribution in [0.15, 0.2) is 60.2 Å². The van der Waals surface area contributed by atoms with Crippen LogP contribution in [-0.4, -0.2) is 33.9 Å². The molecule has 0 bridgehead atoms. The van der Waals surface area contributed by atoms with Crippen LogP contribution in [-0.2, 0) is 20.9 Å². The summed E-state index contributed by atoms with van der Waals surface area (Å²) in [6, 6.07) is 8.33. The molecule has 3 atom stereocenters. The molecule has 1 aliphatic carbocycles. The van der Waals surface area contributed by atoms with Gasteiger partial charge in [-0.2, -0.15) is 0 Å². The number of aryl methyl sites for hydroxylation is 1. The second kappa shape index (κ2) is 14.9. The van der Waals surface area contributed by atoms with Gasteiger partial charge in [0.2, 0.25) is 0 Å². The number of unbranched alkanes of at least 4 members (excludes halogenated alkanes) is 1. The summed E-state index contributed by atoms with van der Waals surface area (Å²) in [5.41, 5.74) is 3.96. The lowest BCUT2D eigenvalue weighted by Crippen LogP contribution is -2.49. The Balaban J connectivity index is 2.02. The SMILES string of the molecule is C=C1C(=CC=CCCCC(C)CCc2ccccc2C(C)(C)O)C[C@@H](O[Si](C)(C)C(C)(C)C)C[C@@H]1O[Si](C)(C)C(C)(C)C. The van der Waals surface area contributed by atoms with Gasteiger partial charge in [0.1, 0.15) is 0 Å². The molecule has 1 fully saturated rings. The van der Waals surface area contributed by atoms with E-state index in [-0.39, 0.29) is 22.3 Å². The Labute approximate surface area is 268 Å². The van der Waals surface area contributed by atoms with E-state index >= 15 is 0 Å². The Hall–Kier alpha value is -1.25. The fourth-order valence-corrected chi connectivity index (χ4v) is 7.97. The average Bonchev–Trinajstić information content (AvgIpc) is 2.85. The van der Waals surface area contributed by atoms with Crippen molar-refractivity contribution in [2.75, 3.05) is 0 Å². The van der Waals surface area contributed by atoms with Gasteiger partial charge in [0, 0.05) is 6.42 Å². The Kier molecular flexibility index (Phi) is 13.1. The van der Waals surface area contributed by atoms with Crippen molar-refractivity contribution in [1.82, 2.24) is 0 Å². The molecule has 0 heterocycles. The monoisotopic (exact) mass is 626 g/mol. The molecule has 0 saturated heterocycles. The number of hydrogen-bond acceptors (Lipinski definition) is 3. The summed E-state index contributed by atoms with van der Waals surface area (Å²) in [5, 5.41) is 10.9. The van der Waals surface area contributed by atoms with Crippen molar-refractivity contribution >= 4 is 16.6 Å². The molecule has 1 aromatic carbocycles. The maximum Gasteiger partial charge on any atom is 0.192 e. The minimum absolute atomic E-state index is 0.0199. The van der Waals surface area contributed by atoms with Crippen LogP contribution < -0.4 is 0 Å². The third kappa shape index (κ3) is 11.3. The third-order valence-corrected chi connectivity index (χ3v) is 19.3. The highest BCUT2D eigenvalue weighted by atomic mass is 28.4. The number of benzene rings is 1. The number of allylic oxidation sites excluding steroid dienone is 3. The van der Waals surface area contributed by atoms with E-state index in [9.17, 15) is 5.11 Å². The lowest BCUT2D eigenvalue weighted by atomic mass is 9.86. The zero-order valence-electron chi connectivity index (χ0n) is 30.2. The van der Waals surface area contributed by atoms with Crippen molar-refractivity contribution < 1.29 is 14.0 Å². The second-order valence-corrected chi connectivity index (χ2v) is 26.3. The normalized spacial score (nSPS) is 21.2. The van der Waals surface area contributed by atoms with Crippen molar-refractivity contribution in [2.24, 2.45) is 5.92 Å². The topological polar surface area (TPSA) is 38.7 Å². The molecular weight excluding hydrogens is 561 g/mol. The fraction of sp³-hybridized carbons (Fsp3) is 0.684. The highest BCUT2D eigenvalue weighted by Crippen LogP contribution is 2.44. The maximum absolute atomic E-state index is 10.5. The summed E-state index contributed by atoms with van der Waals surface area (Å²) in [7, 11) is -3.85. The molecule has 0 aliphatic heterocycles. The molecule has 1 saturated carbocycles. The van der Waals surface area contributed by atoms with Gasteiger partial charge in [-0.05, 0) is 110 Å². The third-order valence-electron chi connectivity index (χ3n) is 10.3. The summed E-state index contributed by atoms with van der Waals surface area (Å²) >= 11 is 0. The first kappa shape index (κ1) is 37.9. The van der Waals surface area contributed by atoms with E-state index in [0.29, 0.717) is 5.92 Å². The Morgan fingerprint density at radius 3 is 2.09 bits per heavy atom. The lowest BCUT2D eigenvalue weighted by molar-refractivity contribution is 0.0775. The van der Waals surface area contributed by atoms with Crippen molar-refractivity contribution in [3.05, 3.63) is 71.3 Å². The Bertz CT molecular complexity index is 1110. The van der Waals surface area contributed by atoms with Gasteiger partial charge in [0.25, 0.3) is 0 Å². The molecule has 2 rings (SSSR count). The predicted molar refractivity (Wildman–Crippen MR) is 193 cm³/mol. The minimum Gasteiger partial charge on any atom is -0.413 e. The molecule has 0 spiro atoms. The van der Waals surface area contributed by atoms with Crippen LogP contribution >= 0.6 is 0 Å². The summed E-state index contributed by atoms with van der Waals surface area (Å²) in [6.07, 6.45) is 14.5. The molecule has 1 aromatic rings. The highest BCUT2D eigenvalue weighted by Gasteiger charge is 2.44. The Morgan fingerprint density at radius 1 is 0.930 bits per heavy atom. The molecule has 3 nitrogen and oxygen atoms in total. The van der Waals surface area contributed by atoms with Crippen LogP contribution in [0.25, 0.3) is 0 Å². The number of hydrogen-bond donors (Lipinski definition) is 1. The first-order valence-corrected chi connectivity index (χ1v) is 22.6. The van der Waals surface area contributed by atoms with Crippen LogP contribution in [0.1, 0.15) is 112 Å². The van der Waals surface area contributed by atoms with E-state index in [4.69, 9.17) is 8.85 Å². The minimum atomic E-state index is -1.95. The summed E-state index contributed by atoms with van der Waals surface area (Å²) in [4.78, 5) is 0. The average molecular weight is 627 g/mol. The highest BCUT2D eigenvalue weighted by molar-refractivity contribution is 6.74. The van der Waals surface area contributed by atoms with Crippen LogP contribution in [0.2, 0.25) is 36.3 Å². The number of aliphatic hydroxyl groups is 1. The largest absolute Gasteiger partial charge is 0.413 e. The van der Waals surface area contributed by atoms with Gasteiger partial charge >= 0.3 is 0 Å². The molecule has 244 valence electrons. The van der Waals surface area contributed by atoms with Gasteiger partial charge in [0.05, 0.1) is 17.8 Å². The quantitative estimate of drug-likeness (QED) is 0.175. The summed E-state index contributed by atoms with van der Waals surface area (Å²) in [5.74, 6) is 0.654. The summed E-state index contributed by atoms with van der Waals surface area (Å²) in [6.45, 7) is 34.0. The molecule has 1 aliphatic rings. The van der Waals surface area contributed by atoms with E-state index in [0.717, 1.165) is 43.2 Å². The van der Waals surface area contributed by atoms with Gasteiger partial charge in [0.15, 0.2) is 16.6 Å². The smallest absolute Gasteiger partial charge is 0.192 e. The van der Waals surface area contributed by atoms with Gasteiger partial charge in [-0.15, -0.1) is 0 Å². The molecule has 0 radical (unpaired) electrons. The number of rotatable bonds is 13. The fourth-order valence-electron chi connectivity index (χ4n) is 5.30. The van der Waals surface area contributed by atoms with Gasteiger partial charge in [-0.1, -0.05) is 104 Å². The van der Waals surface area contributed by atoms with Crippen molar-refractivity contribution in [2.45, 2.75) is 161 Å². The molecule has 1 unspecified atom stereocenters. The van der Waals surface area contributed by atoms with E-state index in [1.807, 2.05) is 19.9 Å². The van der Waals surface area contributed by atoms with Crippen molar-refractivity contribution in [3.63, 3.8) is 0 Å². The van der Waals surface area contributed by atoms with Gasteiger partial charge in [-0.25, -0.2) is 0 Å². The van der Waals surface area contributed by atoms with Crippen molar-refractivity contribution in [1.29, 1.82) is 0 Å². The molecule has 0 aromatic heterocycles. The van der Waals surface area contributed by atoms with E-state index in [2.05, 4.69) is 118 Å². The zero-order valence-corrected chi connectivity index (χ0v) is 32.2. The van der Waals surface area contributed by atoms with Crippen LogP contribution in [0.3, 0.4) is 0 Å². The van der Waals surface area contributed by atoms with Crippen LogP contribution in [0, 0.1) is 5.92 Å². The lowest BCUT2D eigenvalue weighted by Gasteiger charge is -2.45. The molecule has 43 heavy (non-hydrogen) atoms. The summed E-state index contributed by atoms with van der Waals surface area (Å²) < 4.78 is 13.9. The Morgan fingerprint density at radius 2 is 1.51 bits per heavy atom. The van der Waals surface area contributed by atoms with E-state index < -0.39 is 22.2 Å². The molecule has 1 N–H and O–H groups in total. The van der Waals surface area contributed by atoms with Crippen LogP contribution in [0.4, 0.5) is 0 Å². The van der Waals surface area contributed by atoms with E-state index in [1.165, 1.54) is 24.0 Å². The van der Waals surface area contributed by atoms with Crippen LogP contribution in [0.5, 0.6) is 0 Å². The molecule has 5 heteroatoms. The first-order chi connectivity index (χ1) is 19.5. The van der Waals surface area contributed by atoms with Crippen molar-refractivity contribution in [3.8, 4) is 0 Å². The molecular formula is C38H66O3Si2. The molecule has 0 amide bonds. The van der Waals surface area contributed by atoms with Gasteiger partial charge < -0.3 is 14.0 Å².